The van der Waals surface area contributed by atoms with Crippen LogP contribution in [-0.2, 0) is 10.0 Å². The Labute approximate surface area is 136 Å². The number of nitrogens with one attached hydrogen (secondary N) is 1. The van der Waals surface area contributed by atoms with Crippen molar-refractivity contribution in [1.82, 2.24) is 4.72 Å². The quantitative estimate of drug-likeness (QED) is 0.810. The van der Waals surface area contributed by atoms with E-state index in [0.29, 0.717) is 5.92 Å². The van der Waals surface area contributed by atoms with Crippen LogP contribution >= 0.6 is 23.2 Å². The van der Waals surface area contributed by atoms with E-state index in [0.717, 1.165) is 25.7 Å². The summed E-state index contributed by atoms with van der Waals surface area (Å²) >= 11 is 11.9. The number of rotatable bonds is 4. The Hall–Kier alpha value is -0.490. The lowest BCUT2D eigenvalue weighted by Crippen LogP contribution is -2.39. The maximum Gasteiger partial charge on any atom is 0.242 e. The maximum absolute atomic E-state index is 12.5. The third-order valence-corrected chi connectivity index (χ3v) is 6.53. The summed E-state index contributed by atoms with van der Waals surface area (Å²) in [5.41, 5.74) is 5.79. The van der Waals surface area contributed by atoms with Crippen molar-refractivity contribution in [2.24, 2.45) is 5.92 Å². The molecular weight excluding hydrogens is 331 g/mol. The van der Waals surface area contributed by atoms with Gasteiger partial charge in [-0.25, -0.2) is 13.1 Å². The Bertz CT molecular complexity index is 614. The zero-order chi connectivity index (χ0) is 15.6. The second-order valence-electron chi connectivity index (χ2n) is 5.58. The molecule has 7 heteroatoms. The molecular formula is C14H20Cl2N2O2S. The molecule has 1 aliphatic rings. The van der Waals surface area contributed by atoms with E-state index in [-0.39, 0.29) is 26.7 Å². The van der Waals surface area contributed by atoms with Crippen molar-refractivity contribution in [3.8, 4) is 0 Å². The van der Waals surface area contributed by atoms with Gasteiger partial charge in [0.2, 0.25) is 10.0 Å². The molecule has 2 rings (SSSR count). The van der Waals surface area contributed by atoms with Crippen LogP contribution in [-0.4, -0.2) is 14.5 Å². The number of nitrogens with two attached hydrogens (primary N) is 1. The smallest absolute Gasteiger partial charge is 0.242 e. The average Bonchev–Trinajstić information content (AvgIpc) is 2.45. The van der Waals surface area contributed by atoms with Crippen molar-refractivity contribution >= 4 is 38.9 Å². The first-order chi connectivity index (χ1) is 9.83. The van der Waals surface area contributed by atoms with E-state index in [4.69, 9.17) is 28.9 Å². The molecule has 0 amide bonds. The number of hydrogen-bond donors (Lipinski definition) is 2. The maximum atomic E-state index is 12.5. The molecule has 1 aliphatic carbocycles. The van der Waals surface area contributed by atoms with E-state index in [2.05, 4.69) is 4.72 Å². The van der Waals surface area contributed by atoms with E-state index in [9.17, 15) is 8.42 Å². The van der Waals surface area contributed by atoms with Crippen LogP contribution in [0.25, 0.3) is 0 Å². The van der Waals surface area contributed by atoms with Crippen LogP contribution in [0.5, 0.6) is 0 Å². The predicted molar refractivity (Wildman–Crippen MR) is 87.2 cm³/mol. The van der Waals surface area contributed by atoms with Crippen molar-refractivity contribution in [3.63, 3.8) is 0 Å². The van der Waals surface area contributed by atoms with Gasteiger partial charge in [-0.3, -0.25) is 0 Å². The third kappa shape index (κ3) is 3.83. The van der Waals surface area contributed by atoms with Crippen LogP contribution in [0.2, 0.25) is 10.0 Å². The summed E-state index contributed by atoms with van der Waals surface area (Å²) in [6, 6.07) is 2.71. The van der Waals surface area contributed by atoms with Crippen molar-refractivity contribution < 1.29 is 8.42 Å². The minimum Gasteiger partial charge on any atom is -0.396 e. The predicted octanol–water partition coefficient (Wildman–Crippen LogP) is 3.82. The van der Waals surface area contributed by atoms with Crippen LogP contribution in [0.4, 0.5) is 5.69 Å². The summed E-state index contributed by atoms with van der Waals surface area (Å²) in [6.45, 7) is 1.90. The van der Waals surface area contributed by atoms with E-state index in [1.165, 1.54) is 18.6 Å². The van der Waals surface area contributed by atoms with Gasteiger partial charge in [-0.15, -0.1) is 0 Å². The fraction of sp³-hybridized carbons (Fsp3) is 0.571. The summed E-state index contributed by atoms with van der Waals surface area (Å²) in [6.07, 6.45) is 5.66. The molecule has 21 heavy (non-hydrogen) atoms. The van der Waals surface area contributed by atoms with Crippen molar-refractivity contribution in [2.75, 3.05) is 5.73 Å². The monoisotopic (exact) mass is 350 g/mol. The van der Waals surface area contributed by atoms with Gasteiger partial charge in [-0.2, -0.15) is 0 Å². The summed E-state index contributed by atoms with van der Waals surface area (Å²) in [5.74, 6) is 0.372. The lowest BCUT2D eigenvalue weighted by atomic mass is 9.85. The molecule has 1 atom stereocenters. The summed E-state index contributed by atoms with van der Waals surface area (Å²) in [4.78, 5) is -0.0197. The molecule has 118 valence electrons. The molecule has 3 N–H and O–H groups in total. The Balaban J connectivity index is 2.20. The van der Waals surface area contributed by atoms with Gasteiger partial charge in [-0.1, -0.05) is 42.5 Å². The zero-order valence-corrected chi connectivity index (χ0v) is 14.2. The van der Waals surface area contributed by atoms with Crippen LogP contribution in [0.1, 0.15) is 39.0 Å². The molecule has 1 aromatic carbocycles. The standard InChI is InChI=1S/C14H20Cl2N2O2S/c1-9(10-5-3-2-4-6-10)18-21(19,20)12-8-7-11(15)14(17)13(12)16/h7-10,18H,2-6,17H2,1H3. The van der Waals surface area contributed by atoms with E-state index >= 15 is 0 Å². The van der Waals surface area contributed by atoms with Crippen molar-refractivity contribution in [1.29, 1.82) is 0 Å². The number of halogens is 2. The highest BCUT2D eigenvalue weighted by Gasteiger charge is 2.27. The van der Waals surface area contributed by atoms with Crippen LogP contribution in [0.3, 0.4) is 0 Å². The van der Waals surface area contributed by atoms with Crippen LogP contribution in [0, 0.1) is 5.92 Å². The van der Waals surface area contributed by atoms with Gasteiger partial charge in [0.15, 0.2) is 0 Å². The van der Waals surface area contributed by atoms with Gasteiger partial charge in [-0.05, 0) is 37.8 Å². The molecule has 0 heterocycles. The molecule has 0 radical (unpaired) electrons. The summed E-state index contributed by atoms with van der Waals surface area (Å²) in [7, 11) is -3.70. The van der Waals surface area contributed by atoms with Gasteiger partial charge in [0, 0.05) is 6.04 Å². The number of nitrogen functional groups attached to an aromatic ring is 1. The topological polar surface area (TPSA) is 72.2 Å². The van der Waals surface area contributed by atoms with Gasteiger partial charge in [0.1, 0.15) is 4.90 Å². The van der Waals surface area contributed by atoms with E-state index in [1.54, 1.807) is 0 Å². The second kappa shape index (κ2) is 6.73. The Morgan fingerprint density at radius 1 is 1.24 bits per heavy atom. The summed E-state index contributed by atoms with van der Waals surface area (Å²) in [5, 5.41) is 0.227. The molecule has 1 fully saturated rings. The number of hydrogen-bond acceptors (Lipinski definition) is 3. The first kappa shape index (κ1) is 16.9. The zero-order valence-electron chi connectivity index (χ0n) is 11.9. The molecule has 0 aliphatic heterocycles. The molecule has 1 unspecified atom stereocenters. The Kier molecular flexibility index (Phi) is 5.41. The molecule has 0 aromatic heterocycles. The van der Waals surface area contributed by atoms with Crippen molar-refractivity contribution in [3.05, 3.63) is 22.2 Å². The average molecular weight is 351 g/mol. The molecule has 0 spiro atoms. The van der Waals surface area contributed by atoms with Gasteiger partial charge >= 0.3 is 0 Å². The van der Waals surface area contributed by atoms with Gasteiger partial charge in [0.25, 0.3) is 0 Å². The Morgan fingerprint density at radius 3 is 2.48 bits per heavy atom. The van der Waals surface area contributed by atoms with Crippen LogP contribution in [0.15, 0.2) is 17.0 Å². The van der Waals surface area contributed by atoms with Crippen molar-refractivity contribution in [2.45, 2.75) is 50.0 Å². The fourth-order valence-electron chi connectivity index (χ4n) is 2.80. The number of benzene rings is 1. The third-order valence-electron chi connectivity index (χ3n) is 4.08. The minimum absolute atomic E-state index is 0.0197. The SMILES string of the molecule is CC(NS(=O)(=O)c1ccc(Cl)c(N)c1Cl)C1CCCCC1. The molecule has 1 aromatic rings. The normalized spacial score (nSPS) is 18.6. The van der Waals surface area contributed by atoms with Gasteiger partial charge in [0.05, 0.1) is 15.7 Å². The molecule has 0 saturated heterocycles. The lowest BCUT2D eigenvalue weighted by molar-refractivity contribution is 0.303. The van der Waals surface area contributed by atoms with Gasteiger partial charge < -0.3 is 5.73 Å². The largest absolute Gasteiger partial charge is 0.396 e. The molecule has 1 saturated carbocycles. The van der Waals surface area contributed by atoms with E-state index in [1.807, 2.05) is 6.92 Å². The van der Waals surface area contributed by atoms with Crippen LogP contribution < -0.4 is 10.5 Å². The highest BCUT2D eigenvalue weighted by atomic mass is 35.5. The van der Waals surface area contributed by atoms with E-state index < -0.39 is 10.0 Å². The fourth-order valence-corrected chi connectivity index (χ4v) is 4.87. The minimum atomic E-state index is -3.70. The Morgan fingerprint density at radius 2 is 1.86 bits per heavy atom. The molecule has 0 bridgehead atoms. The highest BCUT2D eigenvalue weighted by Crippen LogP contribution is 2.34. The number of sulfonamides is 1. The first-order valence-corrected chi connectivity index (χ1v) is 9.32. The second-order valence-corrected chi connectivity index (χ2v) is 8.05. The lowest BCUT2D eigenvalue weighted by Gasteiger charge is -2.28. The first-order valence-electron chi connectivity index (χ1n) is 7.08. The summed E-state index contributed by atoms with van der Waals surface area (Å²) < 4.78 is 27.7. The number of anilines is 1. The highest BCUT2D eigenvalue weighted by molar-refractivity contribution is 7.89. The molecule has 4 nitrogen and oxygen atoms in total.